The van der Waals surface area contributed by atoms with Crippen LogP contribution in [0.1, 0.15) is 120 Å². The van der Waals surface area contributed by atoms with Crippen LogP contribution in [0.4, 0.5) is 13.2 Å². The van der Waals surface area contributed by atoms with Gasteiger partial charge < -0.3 is 18.1 Å². The van der Waals surface area contributed by atoms with E-state index >= 15 is 4.79 Å². The molecule has 2 saturated carbocycles. The van der Waals surface area contributed by atoms with Crippen molar-refractivity contribution in [2.75, 3.05) is 18.1 Å². The van der Waals surface area contributed by atoms with E-state index in [4.69, 9.17) is 13.0 Å². The Labute approximate surface area is 423 Å². The fraction of sp³-hybridized carbons (Fsp3) is 0.611. The van der Waals surface area contributed by atoms with Gasteiger partial charge in [-0.25, -0.2) is 0 Å². The summed E-state index contributed by atoms with van der Waals surface area (Å²) in [7, 11) is -12.2. The Kier molecular flexibility index (Phi) is 20.5. The lowest BCUT2D eigenvalue weighted by atomic mass is 9.71. The van der Waals surface area contributed by atoms with Crippen LogP contribution in [0.3, 0.4) is 0 Å². The monoisotopic (exact) mass is 1050 g/mol. The van der Waals surface area contributed by atoms with Gasteiger partial charge in [-0.1, -0.05) is 145 Å². The van der Waals surface area contributed by atoms with Crippen LogP contribution in [-0.2, 0) is 27.9 Å². The zero-order valence-electron chi connectivity index (χ0n) is 42.3. The van der Waals surface area contributed by atoms with E-state index in [2.05, 4.69) is 60.3 Å². The summed E-state index contributed by atoms with van der Waals surface area (Å²) in [6.45, 7) is 20.6. The largest absolute Gasteiger partial charge is 0.534 e. The summed E-state index contributed by atoms with van der Waals surface area (Å²) in [5, 5.41) is 14.0. The predicted molar refractivity (Wildman–Crippen MR) is 286 cm³/mol. The molecular formula is C54H79F3O7S3Si2. The van der Waals surface area contributed by atoms with Crippen molar-refractivity contribution in [2.24, 2.45) is 23.7 Å². The molecule has 2 aliphatic carbocycles. The van der Waals surface area contributed by atoms with Gasteiger partial charge in [-0.3, -0.25) is 4.79 Å². The smallest absolute Gasteiger partial charge is 0.407 e. The molecule has 2 bridgehead atoms. The number of hydrogen-bond acceptors (Lipinski definition) is 9. The Balaban J connectivity index is 1.75. The number of Topliss-reactive ketones (excluding diaryl/α,β-unsaturated/α-hetero) is 1. The summed E-state index contributed by atoms with van der Waals surface area (Å²) in [4.78, 5) is 15.8. The molecule has 0 amide bonds. The second kappa shape index (κ2) is 24.6. The zero-order chi connectivity index (χ0) is 50.7. The molecule has 1 aliphatic heterocycles. The summed E-state index contributed by atoms with van der Waals surface area (Å²) in [5.41, 5.74) is -7.21. The quantitative estimate of drug-likeness (QED) is 0.0188. The summed E-state index contributed by atoms with van der Waals surface area (Å²) in [5.74, 6) is -1.85. The molecule has 0 spiro atoms. The van der Waals surface area contributed by atoms with Crippen molar-refractivity contribution in [3.63, 3.8) is 0 Å². The Hall–Kier alpha value is -2.38. The molecule has 3 fully saturated rings. The first-order chi connectivity index (χ1) is 32.7. The molecule has 1 N–H and O–H groups in total. The predicted octanol–water partition coefficient (Wildman–Crippen LogP) is 13.3. The number of carbonyl (C=O) groups is 1. The lowest BCUT2D eigenvalue weighted by molar-refractivity contribution is -0.123. The van der Waals surface area contributed by atoms with Gasteiger partial charge in [0.25, 0.3) is 8.32 Å². The lowest BCUT2D eigenvalue weighted by Crippen LogP contribution is -2.66. The highest BCUT2D eigenvalue weighted by Crippen LogP contribution is 2.66. The first kappa shape index (κ1) is 57.5. The molecule has 6 atom stereocenters. The van der Waals surface area contributed by atoms with E-state index in [1.165, 1.54) is 0 Å². The van der Waals surface area contributed by atoms with Gasteiger partial charge in [0.2, 0.25) is 0 Å². The van der Waals surface area contributed by atoms with Crippen LogP contribution in [-0.4, -0.2) is 75.3 Å². The van der Waals surface area contributed by atoms with Crippen molar-refractivity contribution >= 4 is 66.4 Å². The van der Waals surface area contributed by atoms with Crippen LogP contribution in [0.15, 0.2) is 109 Å². The molecule has 69 heavy (non-hydrogen) atoms. The van der Waals surface area contributed by atoms with Gasteiger partial charge in [-0.2, -0.15) is 21.6 Å². The second-order valence-corrected chi connectivity index (χ2v) is 33.7. The molecule has 5 rings (SSSR count). The Morgan fingerprint density at radius 2 is 1.43 bits per heavy atom. The molecule has 1 heterocycles. The van der Waals surface area contributed by atoms with Crippen molar-refractivity contribution in [3.8, 4) is 0 Å². The van der Waals surface area contributed by atoms with E-state index in [1.807, 2.05) is 86.7 Å². The number of ketones is 1. The van der Waals surface area contributed by atoms with Gasteiger partial charge in [0.05, 0.1) is 21.7 Å². The number of thioether (sulfide) groups is 2. The number of carbonyl (C=O) groups excluding carboxylic acids is 1. The molecule has 7 nitrogen and oxygen atoms in total. The summed E-state index contributed by atoms with van der Waals surface area (Å²) < 4.78 is 90.3. The van der Waals surface area contributed by atoms with Gasteiger partial charge in [0.15, 0.2) is 14.1 Å². The van der Waals surface area contributed by atoms with Gasteiger partial charge in [0.1, 0.15) is 5.76 Å². The lowest BCUT2D eigenvalue weighted by Gasteiger charge is -2.43. The standard InChI is InChI=1S/C54H79F3O7S3Si2/c1-10-16-18-19-20-27-34-43-44(40-46(58)53(36-28-17-11-2)65-38-29-39-66-53)49-50(59)47(48(43)52(49,12-3)64-68(13-4,14-5)15-6)45(63-67(60,61)54(55,56)57)35-37-62-69(51(7,8)9,41-30-23-21-24-31-41)42-32-25-22-26-33-42/h10-12,16-17,21-26,30-33,43-44,46,48-49,58H,3,13-15,18-20,27-29,34-40H2,1-2,4-9H3/b16-10+,17-11+,47-45-/t43-,44-,46+,48-,49+,52-/m1/s1. The number of hydrogen-bond donors (Lipinski definition) is 1. The average molecular weight is 1050 g/mol. The van der Waals surface area contributed by atoms with Gasteiger partial charge in [-0.15, -0.1) is 30.1 Å². The van der Waals surface area contributed by atoms with E-state index in [1.54, 1.807) is 29.6 Å². The number of fused-ring (bicyclic) bond motifs is 2. The van der Waals surface area contributed by atoms with Crippen molar-refractivity contribution in [3.05, 3.63) is 109 Å². The zero-order valence-corrected chi connectivity index (χ0v) is 46.8. The molecule has 384 valence electrons. The van der Waals surface area contributed by atoms with Crippen molar-refractivity contribution in [1.29, 1.82) is 0 Å². The summed E-state index contributed by atoms with van der Waals surface area (Å²) in [6, 6.07) is 21.7. The maximum atomic E-state index is 15.8. The molecule has 2 aromatic carbocycles. The minimum Gasteiger partial charge on any atom is -0.407 e. The summed E-state index contributed by atoms with van der Waals surface area (Å²) >= 11 is 3.57. The third-order valence-corrected chi connectivity index (χ3v) is 29.6. The van der Waals surface area contributed by atoms with Crippen LogP contribution in [0.2, 0.25) is 23.2 Å². The number of halogens is 3. The molecule has 3 aliphatic rings. The summed E-state index contributed by atoms with van der Waals surface area (Å²) in [6.07, 6.45) is 15.7. The van der Waals surface area contributed by atoms with E-state index in [0.29, 0.717) is 6.42 Å². The molecule has 0 aromatic heterocycles. The topological polar surface area (TPSA) is 99.1 Å². The van der Waals surface area contributed by atoms with E-state index in [9.17, 15) is 26.7 Å². The second-order valence-electron chi connectivity index (χ2n) is 20.1. The fourth-order valence-corrected chi connectivity index (χ4v) is 23.2. The number of benzene rings is 2. The maximum absolute atomic E-state index is 15.8. The molecule has 15 heteroatoms. The Bertz CT molecular complexity index is 2140. The van der Waals surface area contributed by atoms with E-state index in [-0.39, 0.29) is 24.5 Å². The fourth-order valence-electron chi connectivity index (χ4n) is 11.7. The third kappa shape index (κ3) is 12.2. The number of aliphatic hydroxyl groups excluding tert-OH is 1. The maximum Gasteiger partial charge on any atom is 0.534 e. The van der Waals surface area contributed by atoms with E-state index < -0.39 is 88.8 Å². The van der Waals surface area contributed by atoms with Crippen LogP contribution >= 0.6 is 23.5 Å². The first-order valence-electron chi connectivity index (χ1n) is 25.3. The SMILES string of the molecule is C=C[C@]1(O[Si](CC)(CC)CC)[C@@H]2C(=O)/C(=C(/CCO[Si](c3ccccc3)(c3ccccc3)C(C)(C)C)OS(=O)(=O)C(F)(F)F)[C@H]1[C@H](CCCCC/C=C/C)[C@H]2C[C@H](O)C1(CC/C=C/C)SCCCS1. The van der Waals surface area contributed by atoms with Crippen molar-refractivity contribution in [2.45, 2.75) is 164 Å². The molecule has 0 unspecified atom stereocenters. The van der Waals surface area contributed by atoms with Crippen molar-refractivity contribution < 1.29 is 44.5 Å². The highest BCUT2D eigenvalue weighted by Gasteiger charge is 2.71. The van der Waals surface area contributed by atoms with Crippen LogP contribution < -0.4 is 10.4 Å². The highest BCUT2D eigenvalue weighted by molar-refractivity contribution is 8.18. The normalized spacial score (nSPS) is 24.6. The Morgan fingerprint density at radius 1 is 0.870 bits per heavy atom. The minimum absolute atomic E-state index is 0.0705. The first-order valence-corrected chi connectivity index (χ1v) is 33.1. The number of alkyl halides is 3. The Morgan fingerprint density at radius 3 is 1.94 bits per heavy atom. The van der Waals surface area contributed by atoms with Gasteiger partial charge in [-0.05, 0) is 116 Å². The molecule has 0 radical (unpaired) electrons. The van der Waals surface area contributed by atoms with Gasteiger partial charge >= 0.3 is 15.6 Å². The van der Waals surface area contributed by atoms with E-state index in [0.717, 1.165) is 85.0 Å². The van der Waals surface area contributed by atoms with Crippen molar-refractivity contribution in [1.82, 2.24) is 0 Å². The minimum atomic E-state index is -6.25. The van der Waals surface area contributed by atoms with Gasteiger partial charge in [0, 0.05) is 24.5 Å². The average Bonchev–Trinajstić information content (AvgIpc) is 3.72. The van der Waals surface area contributed by atoms with Crippen LogP contribution in [0.5, 0.6) is 0 Å². The van der Waals surface area contributed by atoms with Crippen LogP contribution in [0.25, 0.3) is 0 Å². The molecular weight excluding hydrogens is 970 g/mol. The highest BCUT2D eigenvalue weighted by atomic mass is 32.2. The number of aliphatic hydroxyl groups is 1. The number of unbranched alkanes of at least 4 members (excludes halogenated alkanes) is 3. The van der Waals surface area contributed by atoms with Crippen LogP contribution in [0, 0.1) is 23.7 Å². The molecule has 2 aromatic rings. The number of allylic oxidation sites excluding steroid dienone is 4. The molecule has 1 saturated heterocycles. The number of rotatable bonds is 26. The third-order valence-electron chi connectivity index (χ3n) is 15.3.